The first-order valence-electron chi connectivity index (χ1n) is 21.3. The summed E-state index contributed by atoms with van der Waals surface area (Å²) in [5.74, 6) is 2.30. The van der Waals surface area contributed by atoms with Crippen LogP contribution in [0.2, 0.25) is 0 Å². The molecule has 13 rings (SSSR count). The summed E-state index contributed by atoms with van der Waals surface area (Å²) in [6.07, 6.45) is 0. The van der Waals surface area contributed by atoms with Gasteiger partial charge in [-0.25, -0.2) is 9.97 Å². The number of aromatic nitrogens is 3. The Morgan fingerprint density at radius 3 is 1.94 bits per heavy atom. The number of para-hydroxylation sites is 4. The molecule has 3 heterocycles. The minimum Gasteiger partial charge on any atom is -0.453 e. The van der Waals surface area contributed by atoms with Crippen molar-refractivity contribution in [3.8, 4) is 51.0 Å². The standard InChI is InChI=1S/C58H36N4O/c1-3-17-39(18-4-1)55-48-32-29-38-16-8-10-24-45(38)56(48)60-58(59-55)41-19-13-22-43(35-41)62-51-34-30-37-15-7-9-23-44(37)54(51)47-26-14-25-46(57(47)62)40-31-33-50-53(36-40)63-52-28-12-11-27-49(52)61(50)42-20-5-2-6-21-42/h1-36H. The minimum absolute atomic E-state index is 0.682. The third-order valence-electron chi connectivity index (χ3n) is 12.5. The third kappa shape index (κ3) is 5.57. The van der Waals surface area contributed by atoms with E-state index in [0.29, 0.717) is 5.82 Å². The number of anilines is 3. The molecule has 0 atom stereocenters. The molecule has 0 amide bonds. The minimum atomic E-state index is 0.682. The van der Waals surface area contributed by atoms with E-state index in [-0.39, 0.29) is 0 Å². The van der Waals surface area contributed by atoms with E-state index in [0.717, 1.165) is 94.9 Å². The van der Waals surface area contributed by atoms with Crippen molar-refractivity contribution in [3.63, 3.8) is 0 Å². The second-order valence-corrected chi connectivity index (χ2v) is 16.1. The van der Waals surface area contributed by atoms with Gasteiger partial charge in [0, 0.05) is 49.6 Å². The molecule has 1 aliphatic rings. The molecule has 0 saturated carbocycles. The number of hydrogen-bond donors (Lipinski definition) is 0. The van der Waals surface area contributed by atoms with Gasteiger partial charge < -0.3 is 14.2 Å². The molecule has 63 heavy (non-hydrogen) atoms. The Bertz CT molecular complexity index is 3780. The fraction of sp³-hybridized carbons (Fsp3) is 0. The summed E-state index contributed by atoms with van der Waals surface area (Å²) in [7, 11) is 0. The van der Waals surface area contributed by atoms with E-state index in [4.69, 9.17) is 14.7 Å². The lowest BCUT2D eigenvalue weighted by Gasteiger charge is -2.33. The Balaban J connectivity index is 1.04. The molecule has 5 nitrogen and oxygen atoms in total. The molecule has 10 aromatic carbocycles. The number of fused-ring (bicyclic) bond motifs is 10. The Labute approximate surface area is 363 Å². The third-order valence-corrected chi connectivity index (χ3v) is 12.5. The molecule has 0 bridgehead atoms. The van der Waals surface area contributed by atoms with Gasteiger partial charge in [0.25, 0.3) is 0 Å². The van der Waals surface area contributed by atoms with E-state index in [1.165, 1.54) is 21.5 Å². The van der Waals surface area contributed by atoms with Gasteiger partial charge in [0.05, 0.1) is 33.6 Å². The summed E-state index contributed by atoms with van der Waals surface area (Å²) in [4.78, 5) is 13.0. The van der Waals surface area contributed by atoms with Crippen molar-refractivity contribution in [2.45, 2.75) is 0 Å². The van der Waals surface area contributed by atoms with Gasteiger partial charge in [-0.3, -0.25) is 0 Å². The maximum absolute atomic E-state index is 6.74. The monoisotopic (exact) mass is 804 g/mol. The first-order valence-corrected chi connectivity index (χ1v) is 21.3. The Morgan fingerprint density at radius 1 is 0.397 bits per heavy atom. The second kappa shape index (κ2) is 14.0. The highest BCUT2D eigenvalue weighted by atomic mass is 16.5. The molecule has 294 valence electrons. The van der Waals surface area contributed by atoms with Gasteiger partial charge in [-0.2, -0.15) is 0 Å². The first-order chi connectivity index (χ1) is 31.2. The molecule has 5 heteroatoms. The molecular formula is C58H36N4O. The van der Waals surface area contributed by atoms with Crippen LogP contribution in [0.5, 0.6) is 11.5 Å². The average molecular weight is 805 g/mol. The molecule has 1 aliphatic heterocycles. The molecule has 12 aromatic rings. The molecule has 0 unspecified atom stereocenters. The molecule has 0 radical (unpaired) electrons. The summed E-state index contributed by atoms with van der Waals surface area (Å²) in [6, 6.07) is 77.2. The van der Waals surface area contributed by atoms with Crippen LogP contribution in [0.15, 0.2) is 218 Å². The zero-order chi connectivity index (χ0) is 41.4. The van der Waals surface area contributed by atoms with Crippen molar-refractivity contribution < 1.29 is 4.74 Å². The first kappa shape index (κ1) is 35.2. The normalized spacial score (nSPS) is 12.2. The summed E-state index contributed by atoms with van der Waals surface area (Å²) < 4.78 is 9.16. The lowest BCUT2D eigenvalue weighted by Crippen LogP contribution is -2.15. The lowest BCUT2D eigenvalue weighted by atomic mass is 9.99. The van der Waals surface area contributed by atoms with E-state index < -0.39 is 0 Å². The predicted molar refractivity (Wildman–Crippen MR) is 260 cm³/mol. The number of benzene rings is 10. The van der Waals surface area contributed by atoms with Gasteiger partial charge in [0.1, 0.15) is 0 Å². The maximum Gasteiger partial charge on any atom is 0.160 e. The maximum atomic E-state index is 6.74. The van der Waals surface area contributed by atoms with Crippen molar-refractivity contribution in [1.82, 2.24) is 14.5 Å². The summed E-state index contributed by atoms with van der Waals surface area (Å²) in [6.45, 7) is 0. The average Bonchev–Trinajstić information content (AvgIpc) is 3.71. The van der Waals surface area contributed by atoms with E-state index >= 15 is 0 Å². The zero-order valence-electron chi connectivity index (χ0n) is 34.0. The Kier molecular flexibility index (Phi) is 7.84. The molecular weight excluding hydrogens is 769 g/mol. The molecule has 0 saturated heterocycles. The van der Waals surface area contributed by atoms with E-state index in [9.17, 15) is 0 Å². The van der Waals surface area contributed by atoms with Gasteiger partial charge in [-0.15, -0.1) is 0 Å². The Hall–Kier alpha value is -8.54. The topological polar surface area (TPSA) is 43.2 Å². The van der Waals surface area contributed by atoms with E-state index in [1.807, 2.05) is 18.2 Å². The summed E-state index contributed by atoms with van der Waals surface area (Å²) in [5.41, 5.74) is 12.4. The fourth-order valence-corrected chi connectivity index (χ4v) is 9.71. The fourth-order valence-electron chi connectivity index (χ4n) is 9.71. The summed E-state index contributed by atoms with van der Waals surface area (Å²) >= 11 is 0. The number of ether oxygens (including phenoxy) is 1. The van der Waals surface area contributed by atoms with Gasteiger partial charge in [0.15, 0.2) is 17.3 Å². The van der Waals surface area contributed by atoms with Crippen LogP contribution in [0, 0.1) is 0 Å². The molecule has 0 aliphatic carbocycles. The van der Waals surface area contributed by atoms with Gasteiger partial charge >= 0.3 is 0 Å². The van der Waals surface area contributed by atoms with Crippen molar-refractivity contribution in [2.24, 2.45) is 0 Å². The smallest absolute Gasteiger partial charge is 0.160 e. The van der Waals surface area contributed by atoms with Crippen LogP contribution in [0.4, 0.5) is 17.1 Å². The molecule has 0 spiro atoms. The zero-order valence-corrected chi connectivity index (χ0v) is 34.0. The molecule has 2 aromatic heterocycles. The van der Waals surface area contributed by atoms with Crippen LogP contribution in [-0.2, 0) is 0 Å². The van der Waals surface area contributed by atoms with Gasteiger partial charge in [0.2, 0.25) is 0 Å². The number of rotatable bonds is 5. The SMILES string of the molecule is c1ccc(-c2nc(-c3cccc(-n4c5ccc6ccccc6c5c5cccc(-c6ccc7c(c6)Oc6ccccc6N7c6ccccc6)c54)c3)nc3c2ccc2ccccc23)cc1. The van der Waals surface area contributed by atoms with Crippen LogP contribution in [0.3, 0.4) is 0 Å². The number of nitrogens with zero attached hydrogens (tertiary/aromatic N) is 4. The number of hydrogen-bond acceptors (Lipinski definition) is 4. The van der Waals surface area contributed by atoms with Crippen molar-refractivity contribution >= 4 is 71.3 Å². The van der Waals surface area contributed by atoms with Gasteiger partial charge in [-0.05, 0) is 82.4 Å². The van der Waals surface area contributed by atoms with E-state index in [2.05, 4.69) is 210 Å². The van der Waals surface area contributed by atoms with Crippen LogP contribution in [0.1, 0.15) is 0 Å². The van der Waals surface area contributed by atoms with Crippen LogP contribution < -0.4 is 9.64 Å². The summed E-state index contributed by atoms with van der Waals surface area (Å²) in [5, 5.41) is 8.10. The Morgan fingerprint density at radius 2 is 1.06 bits per heavy atom. The largest absolute Gasteiger partial charge is 0.453 e. The molecule has 0 fully saturated rings. The molecule has 0 N–H and O–H groups in total. The highest BCUT2D eigenvalue weighted by Crippen LogP contribution is 2.52. The van der Waals surface area contributed by atoms with E-state index in [1.54, 1.807) is 0 Å². The van der Waals surface area contributed by atoms with Crippen molar-refractivity contribution in [3.05, 3.63) is 218 Å². The highest BCUT2D eigenvalue weighted by Gasteiger charge is 2.27. The predicted octanol–water partition coefficient (Wildman–Crippen LogP) is 15.6. The lowest BCUT2D eigenvalue weighted by molar-refractivity contribution is 0.477. The van der Waals surface area contributed by atoms with Crippen molar-refractivity contribution in [1.29, 1.82) is 0 Å². The second-order valence-electron chi connectivity index (χ2n) is 16.1. The highest BCUT2D eigenvalue weighted by molar-refractivity contribution is 6.23. The van der Waals surface area contributed by atoms with Crippen LogP contribution in [0.25, 0.3) is 93.7 Å². The quantitative estimate of drug-likeness (QED) is 0.163. The van der Waals surface area contributed by atoms with Crippen molar-refractivity contribution in [2.75, 3.05) is 4.90 Å². The van der Waals surface area contributed by atoms with Crippen LogP contribution in [-0.4, -0.2) is 14.5 Å². The van der Waals surface area contributed by atoms with Crippen LogP contribution >= 0.6 is 0 Å². The van der Waals surface area contributed by atoms with Gasteiger partial charge in [-0.1, -0.05) is 158 Å².